The Kier molecular flexibility index (Phi) is 7.78. The van der Waals surface area contributed by atoms with Crippen molar-refractivity contribution in [2.75, 3.05) is 0 Å². The average Bonchev–Trinajstić information content (AvgIpc) is 2.93. The zero-order valence-electron chi connectivity index (χ0n) is 21.1. The molecule has 0 N–H and O–H groups in total. The van der Waals surface area contributed by atoms with Crippen molar-refractivity contribution in [2.45, 2.75) is 13.8 Å². The van der Waals surface area contributed by atoms with Gasteiger partial charge in [-0.2, -0.15) is 0 Å². The molecule has 0 atom stereocenters. The summed E-state index contributed by atoms with van der Waals surface area (Å²) in [4.78, 5) is 15.2. The first kappa shape index (κ1) is 25.6. The molecule has 5 rings (SSSR count). The van der Waals surface area contributed by atoms with Gasteiger partial charge in [-0.25, -0.2) is 15.0 Å². The van der Waals surface area contributed by atoms with Crippen molar-refractivity contribution in [1.29, 1.82) is 0 Å². The maximum absolute atomic E-state index is 6.21. The first-order chi connectivity index (χ1) is 18.5. The van der Waals surface area contributed by atoms with E-state index in [2.05, 4.69) is 0 Å². The molecule has 38 heavy (non-hydrogen) atoms. The summed E-state index contributed by atoms with van der Waals surface area (Å²) >= 11 is 12.4. The summed E-state index contributed by atoms with van der Waals surface area (Å²) in [7, 11) is 0. The van der Waals surface area contributed by atoms with Crippen LogP contribution in [0.25, 0.3) is 0 Å². The standard InChI is InChI=1S/C33H25Cl2N3/c1-22-20-26(34)16-18-28(22)37-32(24-10-5-3-6-11-24)30-14-9-15-31(36-30)33(25-12-7-4-8-13-25)38-29-19-17-27(35)21-23(29)2/h3-21H,1-2H3. The second-order valence-corrected chi connectivity index (χ2v) is 9.80. The number of hydrogen-bond donors (Lipinski definition) is 0. The van der Waals surface area contributed by atoms with E-state index in [1.165, 1.54) is 0 Å². The number of benzene rings is 4. The summed E-state index contributed by atoms with van der Waals surface area (Å²) in [6.45, 7) is 4.01. The number of pyridine rings is 1. The monoisotopic (exact) mass is 533 g/mol. The summed E-state index contributed by atoms with van der Waals surface area (Å²) in [5, 5.41) is 1.37. The number of rotatable bonds is 6. The Bertz CT molecular complexity index is 1520. The third-order valence-corrected chi connectivity index (χ3v) is 6.58. The molecular weight excluding hydrogens is 509 g/mol. The molecule has 1 aromatic heterocycles. The van der Waals surface area contributed by atoms with Crippen LogP contribution in [0.1, 0.15) is 33.6 Å². The quantitative estimate of drug-likeness (QED) is 0.200. The lowest BCUT2D eigenvalue weighted by atomic mass is 10.0. The fourth-order valence-corrected chi connectivity index (χ4v) is 4.61. The van der Waals surface area contributed by atoms with Crippen LogP contribution in [-0.4, -0.2) is 16.4 Å². The van der Waals surface area contributed by atoms with E-state index in [9.17, 15) is 0 Å². The lowest BCUT2D eigenvalue weighted by molar-refractivity contribution is 1.24. The molecule has 0 aliphatic heterocycles. The molecule has 5 aromatic rings. The van der Waals surface area contributed by atoms with E-state index in [-0.39, 0.29) is 0 Å². The predicted octanol–water partition coefficient (Wildman–Crippen LogP) is 9.34. The van der Waals surface area contributed by atoms with E-state index in [0.29, 0.717) is 10.0 Å². The zero-order valence-corrected chi connectivity index (χ0v) is 22.6. The Balaban J connectivity index is 1.68. The fraction of sp³-hybridized carbons (Fsp3) is 0.0606. The number of aliphatic imine (C=N–C) groups is 2. The number of halogens is 2. The Morgan fingerprint density at radius 3 is 1.34 bits per heavy atom. The molecular formula is C33H25Cl2N3. The smallest absolute Gasteiger partial charge is 0.0966 e. The summed E-state index contributed by atoms with van der Waals surface area (Å²) in [5.41, 5.74) is 8.65. The van der Waals surface area contributed by atoms with Crippen LogP contribution in [0.3, 0.4) is 0 Å². The average molecular weight is 534 g/mol. The van der Waals surface area contributed by atoms with Crippen LogP contribution >= 0.6 is 23.2 Å². The summed E-state index contributed by atoms with van der Waals surface area (Å²) < 4.78 is 0. The first-order valence-electron chi connectivity index (χ1n) is 12.3. The molecule has 0 saturated heterocycles. The van der Waals surface area contributed by atoms with E-state index in [1.807, 2.05) is 129 Å². The molecule has 0 fully saturated rings. The summed E-state index contributed by atoms with van der Waals surface area (Å²) in [6.07, 6.45) is 0. The topological polar surface area (TPSA) is 37.6 Å². The molecule has 0 aliphatic rings. The van der Waals surface area contributed by atoms with E-state index < -0.39 is 0 Å². The van der Waals surface area contributed by atoms with Gasteiger partial charge in [0.25, 0.3) is 0 Å². The highest BCUT2D eigenvalue weighted by atomic mass is 35.5. The molecule has 0 bridgehead atoms. The van der Waals surface area contributed by atoms with Gasteiger partial charge in [-0.1, -0.05) is 89.9 Å². The molecule has 5 heteroatoms. The van der Waals surface area contributed by atoms with Crippen molar-refractivity contribution < 1.29 is 0 Å². The van der Waals surface area contributed by atoms with Crippen LogP contribution in [0.5, 0.6) is 0 Å². The second-order valence-electron chi connectivity index (χ2n) is 8.92. The number of hydrogen-bond acceptors (Lipinski definition) is 3. The van der Waals surface area contributed by atoms with Gasteiger partial charge in [-0.05, 0) is 73.5 Å². The molecule has 0 radical (unpaired) electrons. The van der Waals surface area contributed by atoms with Crippen LogP contribution in [0.15, 0.2) is 125 Å². The van der Waals surface area contributed by atoms with Crippen LogP contribution < -0.4 is 0 Å². The summed E-state index contributed by atoms with van der Waals surface area (Å²) in [6, 6.07) is 37.6. The minimum atomic E-state index is 0.684. The van der Waals surface area contributed by atoms with Gasteiger partial charge >= 0.3 is 0 Å². The lowest BCUT2D eigenvalue weighted by Crippen LogP contribution is -2.11. The van der Waals surface area contributed by atoms with Gasteiger partial charge in [0.1, 0.15) is 0 Å². The number of nitrogens with zero attached hydrogens (tertiary/aromatic N) is 3. The predicted molar refractivity (Wildman–Crippen MR) is 160 cm³/mol. The van der Waals surface area contributed by atoms with Crippen molar-refractivity contribution in [3.8, 4) is 0 Å². The molecule has 186 valence electrons. The van der Waals surface area contributed by atoms with Crippen LogP contribution in [0.2, 0.25) is 10.0 Å². The van der Waals surface area contributed by atoms with Gasteiger partial charge in [-0.3, -0.25) is 0 Å². The van der Waals surface area contributed by atoms with Crippen molar-refractivity contribution >= 4 is 46.0 Å². The minimum absolute atomic E-state index is 0.684. The van der Waals surface area contributed by atoms with E-state index in [0.717, 1.165) is 56.4 Å². The molecule has 0 unspecified atom stereocenters. The lowest BCUT2D eigenvalue weighted by Gasteiger charge is -2.12. The Labute approximate surface area is 233 Å². The Morgan fingerprint density at radius 2 is 0.947 bits per heavy atom. The van der Waals surface area contributed by atoms with Gasteiger partial charge in [0.05, 0.1) is 34.2 Å². The molecule has 0 aliphatic carbocycles. The maximum Gasteiger partial charge on any atom is 0.0966 e. The minimum Gasteiger partial charge on any atom is -0.246 e. The van der Waals surface area contributed by atoms with Crippen LogP contribution in [0.4, 0.5) is 11.4 Å². The molecule has 1 heterocycles. The van der Waals surface area contributed by atoms with Crippen molar-refractivity contribution in [2.24, 2.45) is 9.98 Å². The molecule has 0 amide bonds. The third kappa shape index (κ3) is 5.91. The highest BCUT2D eigenvalue weighted by Crippen LogP contribution is 2.27. The largest absolute Gasteiger partial charge is 0.246 e. The van der Waals surface area contributed by atoms with Crippen LogP contribution in [-0.2, 0) is 0 Å². The molecule has 0 spiro atoms. The molecule has 0 saturated carbocycles. The van der Waals surface area contributed by atoms with Gasteiger partial charge in [0.15, 0.2) is 0 Å². The summed E-state index contributed by atoms with van der Waals surface area (Å²) in [5.74, 6) is 0. The maximum atomic E-state index is 6.21. The fourth-order valence-electron chi connectivity index (χ4n) is 4.16. The van der Waals surface area contributed by atoms with E-state index in [4.69, 9.17) is 38.2 Å². The van der Waals surface area contributed by atoms with Crippen molar-refractivity contribution in [3.05, 3.63) is 159 Å². The normalized spacial score (nSPS) is 12.0. The number of aryl methyl sites for hydroxylation is 2. The van der Waals surface area contributed by atoms with Gasteiger partial charge in [0, 0.05) is 21.2 Å². The first-order valence-corrected chi connectivity index (χ1v) is 13.0. The van der Waals surface area contributed by atoms with E-state index >= 15 is 0 Å². The van der Waals surface area contributed by atoms with Crippen molar-refractivity contribution in [3.63, 3.8) is 0 Å². The third-order valence-electron chi connectivity index (χ3n) is 6.11. The van der Waals surface area contributed by atoms with Crippen LogP contribution in [0, 0.1) is 13.8 Å². The van der Waals surface area contributed by atoms with Gasteiger partial charge in [0.2, 0.25) is 0 Å². The van der Waals surface area contributed by atoms with E-state index in [1.54, 1.807) is 0 Å². The number of aromatic nitrogens is 1. The highest BCUT2D eigenvalue weighted by Gasteiger charge is 2.15. The Hall–Kier alpha value is -4.05. The van der Waals surface area contributed by atoms with Gasteiger partial charge in [-0.15, -0.1) is 0 Å². The second kappa shape index (κ2) is 11.6. The van der Waals surface area contributed by atoms with Crippen molar-refractivity contribution in [1.82, 2.24) is 4.98 Å². The Morgan fingerprint density at radius 1 is 0.526 bits per heavy atom. The highest BCUT2D eigenvalue weighted by molar-refractivity contribution is 6.31. The van der Waals surface area contributed by atoms with Gasteiger partial charge < -0.3 is 0 Å². The molecule has 3 nitrogen and oxygen atoms in total. The molecule has 4 aromatic carbocycles. The SMILES string of the molecule is Cc1cc(Cl)ccc1N=C(c1ccccc1)c1cccc(C(=Nc2ccc(Cl)cc2C)c2ccccc2)n1. The zero-order chi connectivity index (χ0) is 26.5.